The zero-order valence-corrected chi connectivity index (χ0v) is 16.4. The maximum Gasteiger partial charge on any atom is 0.268 e. The summed E-state index contributed by atoms with van der Waals surface area (Å²) >= 11 is 1.66. The molecule has 1 amide bonds. The van der Waals surface area contributed by atoms with Crippen LogP contribution in [-0.2, 0) is 0 Å². The number of ketones is 1. The van der Waals surface area contributed by atoms with E-state index >= 15 is 0 Å². The van der Waals surface area contributed by atoms with Crippen LogP contribution in [0.4, 0.5) is 0 Å². The van der Waals surface area contributed by atoms with Gasteiger partial charge in [-0.3, -0.25) is 14.5 Å². The average molecular weight is 362 g/mol. The second-order valence-corrected chi connectivity index (χ2v) is 6.96. The van der Waals surface area contributed by atoms with Gasteiger partial charge in [0.2, 0.25) is 0 Å². The lowest BCUT2D eigenvalue weighted by molar-refractivity contribution is 0.0929. The minimum Gasteiger partial charge on any atom is -0.354 e. The molecular weight excluding hydrogens is 334 g/mol. The van der Waals surface area contributed by atoms with Gasteiger partial charge in [0.05, 0.1) is 6.04 Å². The number of hydrogen-bond donors (Lipinski definition) is 2. The zero-order valence-electron chi connectivity index (χ0n) is 15.6. The lowest BCUT2D eigenvalue weighted by Gasteiger charge is -2.29. The summed E-state index contributed by atoms with van der Waals surface area (Å²) in [6.45, 7) is 11.8. The molecule has 0 saturated heterocycles. The van der Waals surface area contributed by atoms with Crippen LogP contribution in [0, 0.1) is 13.8 Å². The number of amides is 1. The van der Waals surface area contributed by atoms with E-state index in [0.717, 1.165) is 24.3 Å². The Labute approximate surface area is 153 Å². The number of H-pyrrole nitrogens is 1. The zero-order chi connectivity index (χ0) is 18.6. The molecule has 0 aliphatic heterocycles. The van der Waals surface area contributed by atoms with Crippen molar-refractivity contribution < 1.29 is 9.59 Å². The monoisotopic (exact) mass is 361 g/mol. The van der Waals surface area contributed by atoms with Crippen molar-refractivity contribution in [3.05, 3.63) is 44.9 Å². The second kappa shape index (κ2) is 8.45. The number of rotatable bonds is 8. The number of thiophene rings is 1. The molecule has 0 aliphatic carbocycles. The Morgan fingerprint density at radius 2 is 1.96 bits per heavy atom. The molecule has 0 aliphatic rings. The van der Waals surface area contributed by atoms with Crippen LogP contribution in [0.15, 0.2) is 16.8 Å². The summed E-state index contributed by atoms with van der Waals surface area (Å²) in [5, 5.41) is 7.23. The van der Waals surface area contributed by atoms with Gasteiger partial charge in [0, 0.05) is 17.8 Å². The predicted molar refractivity (Wildman–Crippen MR) is 103 cm³/mol. The van der Waals surface area contributed by atoms with Gasteiger partial charge in [-0.05, 0) is 61.8 Å². The third kappa shape index (κ3) is 4.19. The molecule has 0 radical (unpaired) electrons. The van der Waals surface area contributed by atoms with E-state index in [1.807, 2.05) is 13.8 Å². The molecule has 5 nitrogen and oxygen atoms in total. The van der Waals surface area contributed by atoms with Crippen LogP contribution < -0.4 is 5.32 Å². The van der Waals surface area contributed by atoms with Crippen molar-refractivity contribution in [3.8, 4) is 0 Å². The first-order valence-electron chi connectivity index (χ1n) is 8.65. The fourth-order valence-corrected chi connectivity index (χ4v) is 4.08. The van der Waals surface area contributed by atoms with E-state index in [9.17, 15) is 9.59 Å². The normalized spacial score (nSPS) is 12.4. The number of hydrogen-bond acceptors (Lipinski definition) is 4. The highest BCUT2D eigenvalue weighted by Gasteiger charge is 2.23. The third-order valence-electron chi connectivity index (χ3n) is 4.65. The highest BCUT2D eigenvalue weighted by Crippen LogP contribution is 2.23. The summed E-state index contributed by atoms with van der Waals surface area (Å²) in [6.07, 6.45) is 0. The molecule has 2 aromatic rings. The Bertz CT molecular complexity index is 730. The van der Waals surface area contributed by atoms with Crippen LogP contribution in [0.2, 0.25) is 0 Å². The smallest absolute Gasteiger partial charge is 0.268 e. The van der Waals surface area contributed by atoms with Gasteiger partial charge in [-0.2, -0.15) is 11.3 Å². The second-order valence-electron chi connectivity index (χ2n) is 6.18. The summed E-state index contributed by atoms with van der Waals surface area (Å²) in [5.74, 6) is -0.190. The molecule has 0 aromatic carbocycles. The standard InChI is InChI=1S/C19H27N3O2S/c1-6-22(7-2)16(15-8-9-25-11-15)10-20-19(24)18-12(3)17(14(5)23)13(4)21-18/h8-9,11,16,21H,6-7,10H2,1-5H3,(H,20,24)/t16-/m1/s1. The molecule has 0 unspecified atom stereocenters. The maximum atomic E-state index is 12.7. The van der Waals surface area contributed by atoms with Crippen molar-refractivity contribution in [2.24, 2.45) is 0 Å². The van der Waals surface area contributed by atoms with Gasteiger partial charge in [-0.1, -0.05) is 13.8 Å². The Morgan fingerprint density at radius 3 is 2.44 bits per heavy atom. The molecule has 0 fully saturated rings. The highest BCUT2D eigenvalue weighted by atomic mass is 32.1. The van der Waals surface area contributed by atoms with Crippen LogP contribution in [0.1, 0.15) is 64.5 Å². The Kier molecular flexibility index (Phi) is 6.56. The van der Waals surface area contributed by atoms with Gasteiger partial charge in [0.15, 0.2) is 5.78 Å². The molecule has 136 valence electrons. The molecule has 2 heterocycles. The number of carbonyl (C=O) groups excluding carboxylic acids is 2. The van der Waals surface area contributed by atoms with E-state index in [4.69, 9.17) is 0 Å². The van der Waals surface area contributed by atoms with Crippen LogP contribution in [0.5, 0.6) is 0 Å². The maximum absolute atomic E-state index is 12.7. The van der Waals surface area contributed by atoms with Crippen molar-refractivity contribution in [3.63, 3.8) is 0 Å². The van der Waals surface area contributed by atoms with Crippen LogP contribution in [0.3, 0.4) is 0 Å². The number of Topliss-reactive ketones (excluding diaryl/α,β-unsaturated/α-hetero) is 1. The average Bonchev–Trinajstić information content (AvgIpc) is 3.19. The molecule has 0 saturated carbocycles. The van der Waals surface area contributed by atoms with Gasteiger partial charge in [-0.25, -0.2) is 0 Å². The van der Waals surface area contributed by atoms with E-state index in [1.165, 1.54) is 12.5 Å². The molecule has 25 heavy (non-hydrogen) atoms. The van der Waals surface area contributed by atoms with Gasteiger partial charge < -0.3 is 10.3 Å². The lowest BCUT2D eigenvalue weighted by atomic mass is 10.1. The number of likely N-dealkylation sites (N-methyl/N-ethyl adjacent to an activating group) is 1. The van der Waals surface area contributed by atoms with Crippen LogP contribution in [0.25, 0.3) is 0 Å². The molecule has 0 spiro atoms. The number of aryl methyl sites for hydroxylation is 1. The summed E-state index contributed by atoms with van der Waals surface area (Å²) < 4.78 is 0. The Balaban J connectivity index is 2.17. The van der Waals surface area contributed by atoms with Crippen molar-refractivity contribution in [2.75, 3.05) is 19.6 Å². The Morgan fingerprint density at radius 1 is 1.28 bits per heavy atom. The highest BCUT2D eigenvalue weighted by molar-refractivity contribution is 7.07. The van der Waals surface area contributed by atoms with E-state index in [1.54, 1.807) is 11.3 Å². The van der Waals surface area contributed by atoms with E-state index < -0.39 is 0 Å². The van der Waals surface area contributed by atoms with Gasteiger partial charge >= 0.3 is 0 Å². The SMILES string of the molecule is CCN(CC)[C@H](CNC(=O)c1[nH]c(C)c(C(C)=O)c1C)c1ccsc1. The summed E-state index contributed by atoms with van der Waals surface area (Å²) in [5.41, 5.74) is 3.78. The number of aromatic amines is 1. The first-order chi connectivity index (χ1) is 11.9. The van der Waals surface area contributed by atoms with Crippen LogP contribution in [-0.4, -0.2) is 41.2 Å². The minimum absolute atomic E-state index is 0.0235. The van der Waals surface area contributed by atoms with E-state index in [0.29, 0.717) is 17.8 Å². The number of nitrogens with one attached hydrogen (secondary N) is 2. The first kappa shape index (κ1) is 19.4. The largest absolute Gasteiger partial charge is 0.354 e. The molecule has 2 rings (SSSR count). The quantitative estimate of drug-likeness (QED) is 0.705. The first-order valence-corrected chi connectivity index (χ1v) is 9.59. The molecule has 0 bridgehead atoms. The predicted octanol–water partition coefficient (Wildman–Crippen LogP) is 3.71. The third-order valence-corrected chi connectivity index (χ3v) is 5.36. The number of aromatic nitrogens is 1. The number of carbonyl (C=O) groups is 2. The van der Waals surface area contributed by atoms with E-state index in [2.05, 4.69) is 45.9 Å². The van der Waals surface area contributed by atoms with Gasteiger partial charge in [-0.15, -0.1) is 0 Å². The van der Waals surface area contributed by atoms with Crippen molar-refractivity contribution in [1.82, 2.24) is 15.2 Å². The fourth-order valence-electron chi connectivity index (χ4n) is 3.37. The number of nitrogens with zero attached hydrogens (tertiary/aromatic N) is 1. The molecule has 6 heteroatoms. The fraction of sp³-hybridized carbons (Fsp3) is 0.474. The van der Waals surface area contributed by atoms with Crippen molar-refractivity contribution >= 4 is 23.0 Å². The van der Waals surface area contributed by atoms with E-state index in [-0.39, 0.29) is 17.7 Å². The molecule has 2 aromatic heterocycles. The van der Waals surface area contributed by atoms with Crippen LogP contribution >= 0.6 is 11.3 Å². The van der Waals surface area contributed by atoms with Gasteiger partial charge in [0.25, 0.3) is 5.91 Å². The van der Waals surface area contributed by atoms with Crippen molar-refractivity contribution in [2.45, 2.75) is 40.7 Å². The summed E-state index contributed by atoms with van der Waals surface area (Å²) in [4.78, 5) is 29.8. The molecular formula is C19H27N3O2S. The van der Waals surface area contributed by atoms with Gasteiger partial charge in [0.1, 0.15) is 5.69 Å². The topological polar surface area (TPSA) is 65.2 Å². The molecule has 1 atom stereocenters. The molecule has 2 N–H and O–H groups in total. The lowest BCUT2D eigenvalue weighted by Crippen LogP contribution is -2.38. The summed E-state index contributed by atoms with van der Waals surface area (Å²) in [6, 6.07) is 2.26. The van der Waals surface area contributed by atoms with Crippen molar-refractivity contribution in [1.29, 1.82) is 0 Å². The Hall–Kier alpha value is -1.92. The minimum atomic E-state index is -0.166. The summed E-state index contributed by atoms with van der Waals surface area (Å²) in [7, 11) is 0.